The molecule has 0 saturated carbocycles. The number of rotatable bonds is 4. The fourth-order valence-corrected chi connectivity index (χ4v) is 1.17. The Kier molecular flexibility index (Phi) is 3.11. The predicted molar refractivity (Wildman–Crippen MR) is 59.0 cm³/mol. The van der Waals surface area contributed by atoms with Crippen molar-refractivity contribution in [3.63, 3.8) is 0 Å². The van der Waals surface area contributed by atoms with E-state index in [2.05, 4.69) is 15.5 Å². The van der Waals surface area contributed by atoms with Crippen molar-refractivity contribution in [2.45, 2.75) is 13.2 Å². The molecule has 6 nitrogen and oxygen atoms in total. The molecule has 84 valence electrons. The molecule has 0 aliphatic carbocycles. The van der Waals surface area contributed by atoms with Gasteiger partial charge in [0.05, 0.1) is 5.52 Å². The van der Waals surface area contributed by atoms with Gasteiger partial charge < -0.3 is 9.57 Å². The van der Waals surface area contributed by atoms with Crippen LogP contribution in [0, 0.1) is 0 Å². The summed E-state index contributed by atoms with van der Waals surface area (Å²) in [7, 11) is 1.55. The van der Waals surface area contributed by atoms with Crippen LogP contribution in [0.25, 0.3) is 11.0 Å². The topological polar surface area (TPSA) is 61.5 Å². The quantitative estimate of drug-likeness (QED) is 0.336. The van der Waals surface area contributed by atoms with Crippen molar-refractivity contribution in [2.24, 2.45) is 5.16 Å². The third kappa shape index (κ3) is 2.17. The van der Waals surface area contributed by atoms with Gasteiger partial charge in [-0.3, -0.25) is 0 Å². The maximum atomic E-state index is 4.97. The molecule has 0 N–H and O–H groups in total. The minimum Gasteiger partial charge on any atom is -0.362 e. The largest absolute Gasteiger partial charge is 0.362 e. The van der Waals surface area contributed by atoms with Crippen molar-refractivity contribution in [2.75, 3.05) is 7.11 Å². The molecule has 0 bridgehead atoms. The third-order valence-electron chi connectivity index (χ3n) is 2.08. The molecule has 0 spiro atoms. The molecule has 2 aromatic rings. The Labute approximate surface area is 92.4 Å². The average Bonchev–Trinajstić information content (AvgIpc) is 2.73. The van der Waals surface area contributed by atoms with Crippen LogP contribution < -0.4 is 0 Å². The summed E-state index contributed by atoms with van der Waals surface area (Å²) in [6, 6.07) is 7.60. The zero-order valence-corrected chi connectivity index (χ0v) is 9.07. The van der Waals surface area contributed by atoms with Gasteiger partial charge in [0.2, 0.25) is 6.29 Å². The second kappa shape index (κ2) is 4.71. The Balaban J connectivity index is 2.15. The van der Waals surface area contributed by atoms with E-state index in [0.29, 0.717) is 0 Å². The summed E-state index contributed by atoms with van der Waals surface area (Å²) in [6.45, 7) is 1.75. The first-order valence-electron chi connectivity index (χ1n) is 4.83. The first-order chi connectivity index (χ1) is 7.81. The highest BCUT2D eigenvalue weighted by Gasteiger charge is 2.00. The Bertz CT molecular complexity index is 494. The number of para-hydroxylation sites is 1. The van der Waals surface area contributed by atoms with E-state index in [0.717, 1.165) is 11.0 Å². The van der Waals surface area contributed by atoms with Crippen LogP contribution in [-0.2, 0) is 9.57 Å². The molecule has 0 aliphatic heterocycles. The van der Waals surface area contributed by atoms with Crippen molar-refractivity contribution in [3.8, 4) is 0 Å². The maximum absolute atomic E-state index is 4.97. The molecule has 1 atom stereocenters. The molecule has 0 saturated heterocycles. The normalized spacial score (nSPS) is 13.4. The fourth-order valence-electron chi connectivity index (χ4n) is 1.17. The molecular weight excluding hydrogens is 208 g/mol. The number of methoxy groups -OCH3 is 1. The van der Waals surface area contributed by atoms with Crippen LogP contribution in [0.5, 0.6) is 0 Å². The van der Waals surface area contributed by atoms with E-state index in [-0.39, 0.29) is 6.29 Å². The maximum Gasteiger partial charge on any atom is 0.223 e. The average molecular weight is 220 g/mol. The van der Waals surface area contributed by atoms with Crippen molar-refractivity contribution in [3.05, 3.63) is 24.3 Å². The molecule has 0 aliphatic rings. The van der Waals surface area contributed by atoms with E-state index < -0.39 is 0 Å². The first kappa shape index (κ1) is 10.6. The van der Waals surface area contributed by atoms with Gasteiger partial charge in [0.1, 0.15) is 5.52 Å². The highest BCUT2D eigenvalue weighted by atomic mass is 16.8. The van der Waals surface area contributed by atoms with E-state index in [1.54, 1.807) is 14.0 Å². The molecule has 1 unspecified atom stereocenters. The Morgan fingerprint density at radius 1 is 1.44 bits per heavy atom. The lowest BCUT2D eigenvalue weighted by atomic mass is 10.3. The molecule has 0 fully saturated rings. The van der Waals surface area contributed by atoms with Crippen molar-refractivity contribution in [1.29, 1.82) is 0 Å². The van der Waals surface area contributed by atoms with Gasteiger partial charge in [-0.2, -0.15) is 4.68 Å². The van der Waals surface area contributed by atoms with E-state index in [4.69, 9.17) is 9.57 Å². The minimum absolute atomic E-state index is 0.383. The van der Waals surface area contributed by atoms with Gasteiger partial charge in [0.15, 0.2) is 6.34 Å². The zero-order valence-electron chi connectivity index (χ0n) is 9.07. The molecule has 2 rings (SSSR count). The van der Waals surface area contributed by atoms with Crippen LogP contribution in [0.4, 0.5) is 0 Å². The number of aromatic nitrogens is 3. The number of benzene rings is 1. The summed E-state index contributed by atoms with van der Waals surface area (Å²) in [5.41, 5.74) is 1.69. The number of fused-ring (bicyclic) bond motifs is 1. The van der Waals surface area contributed by atoms with Gasteiger partial charge in [0, 0.05) is 14.0 Å². The number of ether oxygens (including phenoxy) is 1. The van der Waals surface area contributed by atoms with Crippen molar-refractivity contribution in [1.82, 2.24) is 15.0 Å². The molecule has 1 aromatic heterocycles. The highest BCUT2D eigenvalue weighted by Crippen LogP contribution is 2.07. The van der Waals surface area contributed by atoms with E-state index >= 15 is 0 Å². The van der Waals surface area contributed by atoms with Crippen molar-refractivity contribution >= 4 is 17.4 Å². The minimum atomic E-state index is -0.383. The molecular formula is C10H12N4O2. The molecule has 1 heterocycles. The second-order valence-electron chi connectivity index (χ2n) is 3.15. The van der Waals surface area contributed by atoms with Gasteiger partial charge >= 0.3 is 0 Å². The Morgan fingerprint density at radius 3 is 3.06 bits per heavy atom. The lowest BCUT2D eigenvalue weighted by Gasteiger charge is -2.04. The summed E-state index contributed by atoms with van der Waals surface area (Å²) >= 11 is 0. The number of oxime groups is 1. The smallest absolute Gasteiger partial charge is 0.223 e. The van der Waals surface area contributed by atoms with Crippen LogP contribution in [0.1, 0.15) is 6.92 Å². The standard InChI is InChI=1S/C10H12N4O2/c1-8(15-2)16-11-7-14-10-6-4-3-5-9(10)12-13-14/h3-8H,1-2H3. The second-order valence-corrected chi connectivity index (χ2v) is 3.15. The summed E-state index contributed by atoms with van der Waals surface area (Å²) in [6.07, 6.45) is 1.07. The number of hydrogen-bond acceptors (Lipinski definition) is 5. The summed E-state index contributed by atoms with van der Waals surface area (Å²) < 4.78 is 6.42. The van der Waals surface area contributed by atoms with E-state index in [1.807, 2.05) is 24.3 Å². The number of nitrogens with zero attached hydrogens (tertiary/aromatic N) is 4. The molecule has 0 amide bonds. The molecule has 16 heavy (non-hydrogen) atoms. The van der Waals surface area contributed by atoms with Crippen LogP contribution in [0.2, 0.25) is 0 Å². The van der Waals surface area contributed by atoms with Crippen LogP contribution in [0.15, 0.2) is 29.4 Å². The predicted octanol–water partition coefficient (Wildman–Crippen LogP) is 1.23. The van der Waals surface area contributed by atoms with Gasteiger partial charge in [-0.15, -0.1) is 5.10 Å². The van der Waals surface area contributed by atoms with E-state index in [1.165, 1.54) is 11.0 Å². The lowest BCUT2D eigenvalue weighted by Crippen LogP contribution is -2.07. The van der Waals surface area contributed by atoms with E-state index in [9.17, 15) is 0 Å². The van der Waals surface area contributed by atoms with Gasteiger partial charge in [-0.05, 0) is 12.1 Å². The summed E-state index contributed by atoms with van der Waals surface area (Å²) in [4.78, 5) is 4.97. The van der Waals surface area contributed by atoms with Gasteiger partial charge in [-0.25, -0.2) is 0 Å². The SMILES string of the molecule is COC(C)ON=Cn1nnc2ccccc21. The Morgan fingerprint density at radius 2 is 2.25 bits per heavy atom. The monoisotopic (exact) mass is 220 g/mol. The fraction of sp³-hybridized carbons (Fsp3) is 0.300. The lowest BCUT2D eigenvalue weighted by molar-refractivity contribution is -0.109. The Hall–Kier alpha value is -1.95. The summed E-state index contributed by atoms with van der Waals surface area (Å²) in [5.74, 6) is 0. The van der Waals surface area contributed by atoms with Gasteiger partial charge in [0.25, 0.3) is 0 Å². The van der Waals surface area contributed by atoms with Crippen LogP contribution in [0.3, 0.4) is 0 Å². The number of hydrogen-bond donors (Lipinski definition) is 0. The van der Waals surface area contributed by atoms with Crippen LogP contribution in [-0.4, -0.2) is 34.7 Å². The third-order valence-corrected chi connectivity index (χ3v) is 2.08. The van der Waals surface area contributed by atoms with Crippen molar-refractivity contribution < 1.29 is 9.57 Å². The first-order valence-corrected chi connectivity index (χ1v) is 4.83. The molecule has 0 radical (unpaired) electrons. The molecule has 1 aromatic carbocycles. The van der Waals surface area contributed by atoms with Gasteiger partial charge in [-0.1, -0.05) is 22.5 Å². The summed E-state index contributed by atoms with van der Waals surface area (Å²) in [5, 5.41) is 11.6. The highest BCUT2D eigenvalue weighted by molar-refractivity contribution is 5.80. The zero-order chi connectivity index (χ0) is 11.4. The van der Waals surface area contributed by atoms with Crippen LogP contribution >= 0.6 is 0 Å². The molecule has 6 heteroatoms.